The molecule has 1 atom stereocenters. The molecule has 0 radical (unpaired) electrons. The minimum atomic E-state index is -3.69. The van der Waals surface area contributed by atoms with Gasteiger partial charge in [-0.2, -0.15) is 18.2 Å². The average molecular weight is 380 g/mol. The second-order valence-corrected chi connectivity index (χ2v) is 8.35. The van der Waals surface area contributed by atoms with E-state index in [0.717, 1.165) is 28.1 Å². The van der Waals surface area contributed by atoms with Gasteiger partial charge in [0.25, 0.3) is 0 Å². The van der Waals surface area contributed by atoms with Crippen LogP contribution in [0.2, 0.25) is 0 Å². The van der Waals surface area contributed by atoms with Gasteiger partial charge < -0.3 is 4.18 Å². The van der Waals surface area contributed by atoms with Gasteiger partial charge in [0.1, 0.15) is 0 Å². The van der Waals surface area contributed by atoms with Crippen LogP contribution in [0, 0.1) is 13.8 Å². The van der Waals surface area contributed by atoms with Gasteiger partial charge in [-0.15, -0.1) is 0 Å². The number of hydrogen-bond donors (Lipinski definition) is 0. The summed E-state index contributed by atoms with van der Waals surface area (Å²) in [5.74, 6) is -0.121. The molecule has 0 fully saturated rings. The van der Waals surface area contributed by atoms with Crippen LogP contribution in [0.4, 0.5) is 0 Å². The van der Waals surface area contributed by atoms with Crippen molar-refractivity contribution in [3.63, 3.8) is 0 Å². The monoisotopic (exact) mass is 380 g/mol. The van der Waals surface area contributed by atoms with Crippen molar-refractivity contribution in [2.45, 2.75) is 19.8 Å². The van der Waals surface area contributed by atoms with E-state index in [4.69, 9.17) is 4.18 Å². The number of aromatic nitrogens is 2. The molecular formula is C21H20N2O3S. The minimum absolute atomic E-state index is 0.0936. The molecule has 27 heavy (non-hydrogen) atoms. The minimum Gasteiger partial charge on any atom is -0.361 e. The van der Waals surface area contributed by atoms with Crippen molar-refractivity contribution in [1.82, 2.24) is 9.78 Å². The predicted molar refractivity (Wildman–Crippen MR) is 106 cm³/mol. The standard InChI is InChI=1S/C21H20N2O3S/c1-15-7-6-8-17(13-15)11-12-18-14-27(24,25)26-21-20(18)16(2)22-23(21)19-9-4-3-5-10-19/h3-13,18H,14H2,1-2H3/b12-11+. The molecule has 0 N–H and O–H groups in total. The summed E-state index contributed by atoms with van der Waals surface area (Å²) in [6.07, 6.45) is 3.89. The molecule has 1 aromatic heterocycles. The van der Waals surface area contributed by atoms with Gasteiger partial charge >= 0.3 is 10.1 Å². The molecule has 4 rings (SSSR count). The molecule has 0 spiro atoms. The number of nitrogens with zero attached hydrogens (tertiary/aromatic N) is 2. The summed E-state index contributed by atoms with van der Waals surface area (Å²) in [6, 6.07) is 17.5. The van der Waals surface area contributed by atoms with Crippen molar-refractivity contribution in [3.8, 4) is 11.6 Å². The average Bonchev–Trinajstić information content (AvgIpc) is 2.96. The zero-order valence-electron chi connectivity index (χ0n) is 15.2. The highest BCUT2D eigenvalue weighted by Gasteiger charge is 2.35. The molecule has 1 aliphatic rings. The van der Waals surface area contributed by atoms with Crippen LogP contribution in [0.1, 0.15) is 28.3 Å². The number of rotatable bonds is 3. The fraction of sp³-hybridized carbons (Fsp3) is 0.190. The Bertz CT molecular complexity index is 1120. The van der Waals surface area contributed by atoms with Crippen LogP contribution in [-0.4, -0.2) is 24.0 Å². The third-order valence-corrected chi connectivity index (χ3v) is 5.77. The molecule has 0 saturated carbocycles. The lowest BCUT2D eigenvalue weighted by atomic mass is 9.99. The van der Waals surface area contributed by atoms with E-state index in [0.29, 0.717) is 0 Å². The van der Waals surface area contributed by atoms with Crippen LogP contribution in [0.5, 0.6) is 5.88 Å². The molecule has 0 saturated heterocycles. The lowest BCUT2D eigenvalue weighted by molar-refractivity contribution is 0.448. The van der Waals surface area contributed by atoms with Crippen molar-refractivity contribution in [2.75, 3.05) is 5.75 Å². The van der Waals surface area contributed by atoms with Crippen LogP contribution in [0.15, 0.2) is 60.7 Å². The first-order chi connectivity index (χ1) is 12.9. The van der Waals surface area contributed by atoms with E-state index in [1.807, 2.05) is 74.5 Å². The molecule has 0 bridgehead atoms. The number of hydrogen-bond acceptors (Lipinski definition) is 4. The fourth-order valence-corrected chi connectivity index (χ4v) is 4.57. The van der Waals surface area contributed by atoms with Gasteiger partial charge in [0.15, 0.2) is 0 Å². The molecule has 0 aliphatic carbocycles. The van der Waals surface area contributed by atoms with Gasteiger partial charge in [0.2, 0.25) is 5.88 Å². The van der Waals surface area contributed by atoms with Crippen molar-refractivity contribution < 1.29 is 12.6 Å². The Morgan fingerprint density at radius 1 is 1.11 bits per heavy atom. The second kappa shape index (κ2) is 6.70. The highest BCUT2D eigenvalue weighted by atomic mass is 32.2. The van der Waals surface area contributed by atoms with Crippen LogP contribution in [0.25, 0.3) is 11.8 Å². The van der Waals surface area contributed by atoms with Crippen molar-refractivity contribution in [1.29, 1.82) is 0 Å². The highest BCUT2D eigenvalue weighted by molar-refractivity contribution is 7.87. The maximum Gasteiger partial charge on any atom is 0.311 e. The predicted octanol–water partition coefficient (Wildman–Crippen LogP) is 4.01. The number of fused-ring (bicyclic) bond motifs is 1. The number of benzene rings is 2. The summed E-state index contributed by atoms with van der Waals surface area (Å²) < 4.78 is 31.7. The molecule has 1 unspecified atom stereocenters. The molecule has 6 heteroatoms. The molecule has 5 nitrogen and oxygen atoms in total. The van der Waals surface area contributed by atoms with E-state index in [2.05, 4.69) is 11.2 Å². The van der Waals surface area contributed by atoms with Crippen molar-refractivity contribution in [3.05, 3.63) is 83.1 Å². The molecule has 138 valence electrons. The quantitative estimate of drug-likeness (QED) is 0.644. The Kier molecular flexibility index (Phi) is 4.36. The van der Waals surface area contributed by atoms with Gasteiger partial charge in [0.05, 0.1) is 17.1 Å². The summed E-state index contributed by atoms with van der Waals surface area (Å²) in [5.41, 5.74) is 4.54. The first-order valence-corrected chi connectivity index (χ1v) is 10.3. The molecule has 1 aliphatic heterocycles. The molecule has 2 aromatic carbocycles. The fourth-order valence-electron chi connectivity index (χ4n) is 3.38. The third kappa shape index (κ3) is 3.53. The third-order valence-electron chi connectivity index (χ3n) is 4.59. The largest absolute Gasteiger partial charge is 0.361 e. The van der Waals surface area contributed by atoms with Gasteiger partial charge in [-0.25, -0.2) is 0 Å². The SMILES string of the molecule is Cc1cccc(/C=C/C2CS(=O)(=O)Oc3c2c(C)nn3-c2ccccc2)c1. The smallest absolute Gasteiger partial charge is 0.311 e. The summed E-state index contributed by atoms with van der Waals surface area (Å²) in [5, 5.41) is 4.54. The topological polar surface area (TPSA) is 61.2 Å². The van der Waals surface area contributed by atoms with E-state index < -0.39 is 10.1 Å². The lowest BCUT2D eigenvalue weighted by Gasteiger charge is -2.21. The van der Waals surface area contributed by atoms with Crippen LogP contribution >= 0.6 is 0 Å². The number of para-hydroxylation sites is 1. The van der Waals surface area contributed by atoms with E-state index in [9.17, 15) is 8.42 Å². The maximum atomic E-state index is 12.4. The van der Waals surface area contributed by atoms with Gasteiger partial charge in [-0.1, -0.05) is 60.2 Å². The normalized spacial score (nSPS) is 18.2. The Labute approximate surface area is 159 Å². The zero-order chi connectivity index (χ0) is 19.0. The Hall–Kier alpha value is -2.86. The van der Waals surface area contributed by atoms with Gasteiger partial charge in [-0.05, 0) is 31.5 Å². The van der Waals surface area contributed by atoms with E-state index in [-0.39, 0.29) is 17.6 Å². The van der Waals surface area contributed by atoms with Gasteiger partial charge in [-0.3, -0.25) is 0 Å². The second-order valence-electron chi connectivity index (χ2n) is 6.74. The Morgan fingerprint density at radius 3 is 2.63 bits per heavy atom. The summed E-state index contributed by atoms with van der Waals surface area (Å²) in [4.78, 5) is 0. The van der Waals surface area contributed by atoms with Crippen molar-refractivity contribution in [2.24, 2.45) is 0 Å². The van der Waals surface area contributed by atoms with E-state index in [1.54, 1.807) is 4.68 Å². The molecule has 2 heterocycles. The highest BCUT2D eigenvalue weighted by Crippen LogP contribution is 2.39. The molecule has 3 aromatic rings. The Balaban J connectivity index is 1.79. The van der Waals surface area contributed by atoms with Crippen LogP contribution in [0.3, 0.4) is 0 Å². The molecular weight excluding hydrogens is 360 g/mol. The first kappa shape index (κ1) is 17.5. The summed E-state index contributed by atoms with van der Waals surface area (Å²) in [6.45, 7) is 3.91. The van der Waals surface area contributed by atoms with Crippen LogP contribution in [-0.2, 0) is 10.1 Å². The lowest BCUT2D eigenvalue weighted by Crippen LogP contribution is -2.25. The van der Waals surface area contributed by atoms with Gasteiger partial charge in [0, 0.05) is 11.5 Å². The maximum absolute atomic E-state index is 12.4. The summed E-state index contributed by atoms with van der Waals surface area (Å²) >= 11 is 0. The van der Waals surface area contributed by atoms with Crippen LogP contribution < -0.4 is 4.18 Å². The zero-order valence-corrected chi connectivity index (χ0v) is 16.0. The van der Waals surface area contributed by atoms with E-state index in [1.165, 1.54) is 0 Å². The number of allylic oxidation sites excluding steroid dienone is 1. The summed E-state index contributed by atoms with van der Waals surface area (Å²) in [7, 11) is -3.69. The Morgan fingerprint density at radius 2 is 1.89 bits per heavy atom. The number of aryl methyl sites for hydroxylation is 2. The molecule has 0 amide bonds. The van der Waals surface area contributed by atoms with E-state index >= 15 is 0 Å². The first-order valence-electron chi connectivity index (χ1n) is 8.75. The van der Waals surface area contributed by atoms with Crippen molar-refractivity contribution >= 4 is 16.2 Å².